The summed E-state index contributed by atoms with van der Waals surface area (Å²) in [7, 11) is 0. The molecule has 0 spiro atoms. The number of para-hydroxylation sites is 2. The third kappa shape index (κ3) is 3.44. The summed E-state index contributed by atoms with van der Waals surface area (Å²) in [6.07, 6.45) is 5.72. The Kier molecular flexibility index (Phi) is 4.53. The van der Waals surface area contributed by atoms with Gasteiger partial charge in [-0.05, 0) is 12.1 Å². The zero-order chi connectivity index (χ0) is 21.2. The molecule has 5 rings (SSSR count). The molecule has 31 heavy (non-hydrogen) atoms. The maximum atomic E-state index is 12.8. The SMILES string of the molecule is O=C(Nc1ccccc1-n1ncc2c(=O)[nH]cnc21)c1cnc(-c2ccccc2)nc1. The van der Waals surface area contributed by atoms with Crippen molar-refractivity contribution < 1.29 is 4.79 Å². The molecule has 0 saturated carbocycles. The molecule has 0 saturated heterocycles. The molecule has 2 aromatic carbocycles. The Morgan fingerprint density at radius 3 is 2.45 bits per heavy atom. The zero-order valence-electron chi connectivity index (χ0n) is 16.1. The number of anilines is 1. The minimum atomic E-state index is -0.366. The fourth-order valence-electron chi connectivity index (χ4n) is 3.17. The lowest BCUT2D eigenvalue weighted by molar-refractivity contribution is 0.102. The second-order valence-corrected chi connectivity index (χ2v) is 6.66. The van der Waals surface area contributed by atoms with E-state index in [2.05, 4.69) is 30.4 Å². The molecule has 5 aromatic rings. The molecule has 0 atom stereocenters. The van der Waals surface area contributed by atoms with Gasteiger partial charge in [-0.1, -0.05) is 42.5 Å². The van der Waals surface area contributed by atoms with E-state index in [-0.39, 0.29) is 11.5 Å². The van der Waals surface area contributed by atoms with Gasteiger partial charge >= 0.3 is 0 Å². The van der Waals surface area contributed by atoms with Crippen molar-refractivity contribution in [2.75, 3.05) is 5.32 Å². The molecule has 3 heterocycles. The van der Waals surface area contributed by atoms with Gasteiger partial charge in [0.2, 0.25) is 0 Å². The van der Waals surface area contributed by atoms with Crippen molar-refractivity contribution in [2.24, 2.45) is 0 Å². The number of hydrogen-bond donors (Lipinski definition) is 2. The Labute approximate surface area is 175 Å². The van der Waals surface area contributed by atoms with Crippen molar-refractivity contribution in [2.45, 2.75) is 0 Å². The summed E-state index contributed by atoms with van der Waals surface area (Å²) in [5.41, 5.74) is 2.37. The quantitative estimate of drug-likeness (QED) is 0.471. The second kappa shape index (κ2) is 7.64. The van der Waals surface area contributed by atoms with E-state index in [1.54, 1.807) is 18.2 Å². The highest BCUT2D eigenvalue weighted by atomic mass is 16.1. The largest absolute Gasteiger partial charge is 0.320 e. The molecule has 9 heteroatoms. The number of nitrogens with zero attached hydrogens (tertiary/aromatic N) is 5. The molecule has 0 aliphatic carbocycles. The van der Waals surface area contributed by atoms with Gasteiger partial charge in [0, 0.05) is 18.0 Å². The van der Waals surface area contributed by atoms with Crippen molar-refractivity contribution in [3.8, 4) is 17.1 Å². The number of hydrogen-bond acceptors (Lipinski definition) is 6. The number of benzene rings is 2. The maximum absolute atomic E-state index is 12.8. The lowest BCUT2D eigenvalue weighted by Crippen LogP contribution is -2.15. The van der Waals surface area contributed by atoms with Crippen LogP contribution in [0.4, 0.5) is 5.69 Å². The number of carbonyl (C=O) groups excluding carboxylic acids is 1. The highest BCUT2D eigenvalue weighted by molar-refractivity contribution is 6.05. The standard InChI is InChI=1S/C22H15N7O2/c30-21(15-10-23-19(24-11-15)14-6-2-1-3-7-14)28-17-8-4-5-9-18(17)29-20-16(12-27-29)22(31)26-13-25-20/h1-13H,(H,28,30)(H,25,26,31). The third-order valence-electron chi connectivity index (χ3n) is 4.70. The van der Waals surface area contributed by atoms with Crippen LogP contribution in [0.2, 0.25) is 0 Å². The first-order chi connectivity index (χ1) is 15.2. The van der Waals surface area contributed by atoms with Gasteiger partial charge in [0.15, 0.2) is 11.5 Å². The first-order valence-corrected chi connectivity index (χ1v) is 9.40. The summed E-state index contributed by atoms with van der Waals surface area (Å²) in [4.78, 5) is 40.1. The number of amides is 1. The van der Waals surface area contributed by atoms with E-state index in [9.17, 15) is 9.59 Å². The molecule has 0 bridgehead atoms. The Balaban J connectivity index is 1.45. The van der Waals surface area contributed by atoms with E-state index in [1.165, 1.54) is 29.6 Å². The van der Waals surface area contributed by atoms with Gasteiger partial charge in [0.05, 0.1) is 29.5 Å². The van der Waals surface area contributed by atoms with Gasteiger partial charge in [-0.2, -0.15) is 5.10 Å². The smallest absolute Gasteiger partial charge is 0.261 e. The topological polar surface area (TPSA) is 118 Å². The lowest BCUT2D eigenvalue weighted by atomic mass is 10.2. The summed E-state index contributed by atoms with van der Waals surface area (Å²) >= 11 is 0. The van der Waals surface area contributed by atoms with E-state index < -0.39 is 0 Å². The van der Waals surface area contributed by atoms with Crippen LogP contribution >= 0.6 is 0 Å². The number of aromatic amines is 1. The predicted molar refractivity (Wildman–Crippen MR) is 115 cm³/mol. The monoisotopic (exact) mass is 409 g/mol. The number of H-pyrrole nitrogens is 1. The van der Waals surface area contributed by atoms with Crippen LogP contribution in [0.3, 0.4) is 0 Å². The van der Waals surface area contributed by atoms with Crippen LogP contribution in [0.5, 0.6) is 0 Å². The van der Waals surface area contributed by atoms with Crippen LogP contribution in [0, 0.1) is 0 Å². The molecule has 0 aliphatic rings. The Hall–Kier alpha value is -4.66. The average Bonchev–Trinajstić information content (AvgIpc) is 3.25. The number of fused-ring (bicyclic) bond motifs is 1. The van der Waals surface area contributed by atoms with Crippen LogP contribution in [-0.2, 0) is 0 Å². The van der Waals surface area contributed by atoms with E-state index in [0.717, 1.165) is 5.56 Å². The summed E-state index contributed by atoms with van der Waals surface area (Å²) in [6, 6.07) is 16.6. The number of rotatable bonds is 4. The van der Waals surface area contributed by atoms with Crippen molar-refractivity contribution in [1.82, 2.24) is 29.7 Å². The van der Waals surface area contributed by atoms with Crippen molar-refractivity contribution in [3.63, 3.8) is 0 Å². The minimum Gasteiger partial charge on any atom is -0.320 e. The molecule has 0 radical (unpaired) electrons. The van der Waals surface area contributed by atoms with Crippen molar-refractivity contribution >= 4 is 22.6 Å². The fraction of sp³-hybridized carbons (Fsp3) is 0. The van der Waals surface area contributed by atoms with Crippen molar-refractivity contribution in [1.29, 1.82) is 0 Å². The number of carbonyl (C=O) groups is 1. The van der Waals surface area contributed by atoms with Crippen LogP contribution in [0.25, 0.3) is 28.1 Å². The van der Waals surface area contributed by atoms with Gasteiger partial charge in [0.25, 0.3) is 11.5 Å². The molecule has 0 unspecified atom stereocenters. The lowest BCUT2D eigenvalue weighted by Gasteiger charge is -2.11. The van der Waals surface area contributed by atoms with Crippen molar-refractivity contribution in [3.05, 3.63) is 95.4 Å². The van der Waals surface area contributed by atoms with E-state index >= 15 is 0 Å². The highest BCUT2D eigenvalue weighted by Gasteiger charge is 2.15. The van der Waals surface area contributed by atoms with E-state index in [4.69, 9.17) is 0 Å². The van der Waals surface area contributed by atoms with Crippen LogP contribution in [-0.4, -0.2) is 35.6 Å². The van der Waals surface area contributed by atoms with E-state index in [1.807, 2.05) is 36.4 Å². The van der Waals surface area contributed by atoms with Crippen LogP contribution < -0.4 is 10.9 Å². The Morgan fingerprint density at radius 1 is 0.903 bits per heavy atom. The summed E-state index contributed by atoms with van der Waals surface area (Å²) in [6.45, 7) is 0. The van der Waals surface area contributed by atoms with Crippen LogP contribution in [0.15, 0.2) is 84.3 Å². The maximum Gasteiger partial charge on any atom is 0.261 e. The molecule has 2 N–H and O–H groups in total. The molecule has 9 nitrogen and oxygen atoms in total. The summed E-state index contributed by atoms with van der Waals surface area (Å²) in [5.74, 6) is 0.172. The Bertz CT molecular complexity index is 1440. The first-order valence-electron chi connectivity index (χ1n) is 9.40. The molecule has 1 amide bonds. The fourth-order valence-corrected chi connectivity index (χ4v) is 3.17. The first kappa shape index (κ1) is 18.4. The molecule has 0 fully saturated rings. The summed E-state index contributed by atoms with van der Waals surface area (Å²) in [5, 5.41) is 7.49. The average molecular weight is 409 g/mol. The van der Waals surface area contributed by atoms with Gasteiger partial charge in [0.1, 0.15) is 5.39 Å². The second-order valence-electron chi connectivity index (χ2n) is 6.66. The zero-order valence-corrected chi connectivity index (χ0v) is 16.1. The van der Waals surface area contributed by atoms with Crippen LogP contribution in [0.1, 0.15) is 10.4 Å². The summed E-state index contributed by atoms with van der Waals surface area (Å²) < 4.78 is 1.51. The number of nitrogens with one attached hydrogen (secondary N) is 2. The highest BCUT2D eigenvalue weighted by Crippen LogP contribution is 2.23. The Morgan fingerprint density at radius 2 is 1.65 bits per heavy atom. The molecule has 0 aliphatic heterocycles. The molecule has 150 valence electrons. The normalized spacial score (nSPS) is 10.8. The molecular weight excluding hydrogens is 394 g/mol. The molecular formula is C22H15N7O2. The van der Waals surface area contributed by atoms with Gasteiger partial charge in [-0.3, -0.25) is 9.59 Å². The predicted octanol–water partition coefficient (Wildman–Crippen LogP) is 2.82. The minimum absolute atomic E-state index is 0.284. The van der Waals surface area contributed by atoms with Gasteiger partial charge in [-0.25, -0.2) is 19.6 Å². The molecule has 3 aromatic heterocycles. The van der Waals surface area contributed by atoms with E-state index in [0.29, 0.717) is 33.8 Å². The third-order valence-corrected chi connectivity index (χ3v) is 4.70. The van der Waals surface area contributed by atoms with Gasteiger partial charge < -0.3 is 10.3 Å². The van der Waals surface area contributed by atoms with Gasteiger partial charge in [-0.15, -0.1) is 0 Å². The number of aromatic nitrogens is 6.